The summed E-state index contributed by atoms with van der Waals surface area (Å²) >= 11 is 0. The molecule has 0 saturated carbocycles. The van der Waals surface area contributed by atoms with Gasteiger partial charge in [-0.2, -0.15) is 0 Å². The third-order valence-electron chi connectivity index (χ3n) is 5.94. The average Bonchev–Trinajstić information content (AvgIpc) is 2.91. The molecule has 0 radical (unpaired) electrons. The van der Waals surface area contributed by atoms with Crippen molar-refractivity contribution in [3.8, 4) is 0 Å². The monoisotopic (exact) mass is 449 g/mol. The van der Waals surface area contributed by atoms with Crippen LogP contribution in [0.1, 0.15) is 25.7 Å². The first kappa shape index (κ1) is 21.1. The van der Waals surface area contributed by atoms with E-state index in [2.05, 4.69) is 4.90 Å². The summed E-state index contributed by atoms with van der Waals surface area (Å²) in [6.45, 7) is 1.34. The summed E-state index contributed by atoms with van der Waals surface area (Å²) in [4.78, 5) is 2.51. The number of nitrogens with zero attached hydrogens (tertiary/aromatic N) is 3. The van der Waals surface area contributed by atoms with Crippen molar-refractivity contribution in [2.75, 3.05) is 36.4 Å². The van der Waals surface area contributed by atoms with Crippen LogP contribution >= 0.6 is 0 Å². The maximum Gasteiger partial charge on any atom is 0.264 e. The SMILES string of the molecule is CN(C)S(=O)(=O)c1ccc(S(=O)(=O)N2CCC3CCCCN3c3ccccc32)cc1. The zero-order valence-electron chi connectivity index (χ0n) is 17.2. The minimum atomic E-state index is -3.83. The van der Waals surface area contributed by atoms with Gasteiger partial charge in [-0.1, -0.05) is 12.1 Å². The molecule has 2 aromatic carbocycles. The first-order chi connectivity index (χ1) is 14.2. The second-order valence-corrected chi connectivity index (χ2v) is 12.0. The van der Waals surface area contributed by atoms with Gasteiger partial charge in [-0.25, -0.2) is 21.1 Å². The predicted octanol–water partition coefficient (Wildman–Crippen LogP) is 2.89. The van der Waals surface area contributed by atoms with Gasteiger partial charge in [-0.3, -0.25) is 4.31 Å². The van der Waals surface area contributed by atoms with E-state index in [1.165, 1.54) is 42.7 Å². The zero-order chi connectivity index (χ0) is 21.5. The van der Waals surface area contributed by atoms with E-state index in [4.69, 9.17) is 0 Å². The van der Waals surface area contributed by atoms with Crippen LogP contribution in [-0.2, 0) is 20.0 Å². The van der Waals surface area contributed by atoms with Gasteiger partial charge in [-0.05, 0) is 62.1 Å². The van der Waals surface area contributed by atoms with Crippen molar-refractivity contribution in [3.05, 3.63) is 48.5 Å². The number of piperidine rings is 1. The fraction of sp³-hybridized carbons (Fsp3) is 0.429. The van der Waals surface area contributed by atoms with E-state index in [-0.39, 0.29) is 9.79 Å². The van der Waals surface area contributed by atoms with Gasteiger partial charge >= 0.3 is 0 Å². The minimum absolute atomic E-state index is 0.0693. The summed E-state index contributed by atoms with van der Waals surface area (Å²) in [5.74, 6) is 0. The topological polar surface area (TPSA) is 78.0 Å². The zero-order valence-corrected chi connectivity index (χ0v) is 18.9. The van der Waals surface area contributed by atoms with Crippen LogP contribution in [0.25, 0.3) is 0 Å². The number of benzene rings is 2. The summed E-state index contributed by atoms with van der Waals surface area (Å²) in [5, 5.41) is 0. The normalized spacial score (nSPS) is 19.9. The van der Waals surface area contributed by atoms with Crippen molar-refractivity contribution >= 4 is 31.4 Å². The number of hydrogen-bond donors (Lipinski definition) is 0. The highest BCUT2D eigenvalue weighted by Gasteiger charge is 2.35. The van der Waals surface area contributed by atoms with E-state index >= 15 is 0 Å². The molecule has 0 aliphatic carbocycles. The molecule has 2 aromatic rings. The molecule has 2 aliphatic heterocycles. The first-order valence-electron chi connectivity index (χ1n) is 10.1. The van der Waals surface area contributed by atoms with E-state index in [1.807, 2.05) is 24.3 Å². The minimum Gasteiger partial charge on any atom is -0.367 e. The van der Waals surface area contributed by atoms with Crippen LogP contribution in [0.4, 0.5) is 11.4 Å². The number of rotatable bonds is 4. The van der Waals surface area contributed by atoms with Gasteiger partial charge in [0.05, 0.1) is 21.2 Å². The Morgan fingerprint density at radius 2 is 1.43 bits per heavy atom. The van der Waals surface area contributed by atoms with E-state index in [1.54, 1.807) is 0 Å². The highest BCUT2D eigenvalue weighted by Crippen LogP contribution is 2.40. The van der Waals surface area contributed by atoms with Crippen molar-refractivity contribution < 1.29 is 16.8 Å². The van der Waals surface area contributed by atoms with Crippen molar-refractivity contribution in [2.24, 2.45) is 0 Å². The van der Waals surface area contributed by atoms with Gasteiger partial charge in [-0.15, -0.1) is 0 Å². The molecule has 9 heteroatoms. The third-order valence-corrected chi connectivity index (χ3v) is 9.60. The van der Waals surface area contributed by atoms with Crippen LogP contribution in [0.3, 0.4) is 0 Å². The van der Waals surface area contributed by atoms with Crippen LogP contribution in [-0.4, -0.2) is 54.4 Å². The molecule has 1 saturated heterocycles. The van der Waals surface area contributed by atoms with Gasteiger partial charge in [0.2, 0.25) is 10.0 Å². The second-order valence-electron chi connectivity index (χ2n) is 7.96. The Bertz CT molecular complexity index is 1130. The first-order valence-corrected chi connectivity index (χ1v) is 13.0. The molecule has 0 N–H and O–H groups in total. The Kier molecular flexibility index (Phi) is 5.54. The summed E-state index contributed by atoms with van der Waals surface area (Å²) in [6, 6.07) is 13.5. The smallest absolute Gasteiger partial charge is 0.264 e. The molecule has 1 atom stereocenters. The average molecular weight is 450 g/mol. The molecule has 7 nitrogen and oxygen atoms in total. The molecule has 2 aliphatic rings. The van der Waals surface area contributed by atoms with Crippen LogP contribution in [0.5, 0.6) is 0 Å². The summed E-state index contributed by atoms with van der Waals surface area (Å²) in [6.07, 6.45) is 4.11. The lowest BCUT2D eigenvalue weighted by Crippen LogP contribution is -2.39. The van der Waals surface area contributed by atoms with Gasteiger partial charge in [0.15, 0.2) is 0 Å². The quantitative estimate of drug-likeness (QED) is 0.717. The largest absolute Gasteiger partial charge is 0.367 e. The Balaban J connectivity index is 1.74. The van der Waals surface area contributed by atoms with Gasteiger partial charge in [0.1, 0.15) is 0 Å². The van der Waals surface area contributed by atoms with E-state index < -0.39 is 20.0 Å². The fourth-order valence-electron chi connectivity index (χ4n) is 4.29. The van der Waals surface area contributed by atoms with Crippen LogP contribution < -0.4 is 9.21 Å². The molecule has 0 aromatic heterocycles. The van der Waals surface area contributed by atoms with Gasteiger partial charge in [0, 0.05) is 33.2 Å². The Hall–Kier alpha value is -2.10. The predicted molar refractivity (Wildman–Crippen MR) is 118 cm³/mol. The molecule has 0 spiro atoms. The molecule has 30 heavy (non-hydrogen) atoms. The van der Waals surface area contributed by atoms with Crippen molar-refractivity contribution in [1.82, 2.24) is 4.31 Å². The molecular formula is C21H27N3O4S2. The standard InChI is InChI=1S/C21H27N3O4S2/c1-22(2)29(25,26)18-10-12-19(13-11-18)30(27,28)24-16-14-17-7-5-6-15-23(17)20-8-3-4-9-21(20)24/h3-4,8-13,17H,5-7,14-16H2,1-2H3. The van der Waals surface area contributed by atoms with Crippen molar-refractivity contribution in [1.29, 1.82) is 0 Å². The molecule has 4 rings (SSSR count). The second kappa shape index (κ2) is 7.86. The van der Waals surface area contributed by atoms with Crippen LogP contribution in [0, 0.1) is 0 Å². The number of sulfonamides is 2. The Labute approximate surface area is 179 Å². The summed E-state index contributed by atoms with van der Waals surface area (Å²) in [7, 11) is -4.55. The summed E-state index contributed by atoms with van der Waals surface area (Å²) < 4.78 is 54.3. The van der Waals surface area contributed by atoms with E-state index in [0.717, 1.165) is 42.2 Å². The molecule has 162 valence electrons. The maximum absolute atomic E-state index is 13.6. The van der Waals surface area contributed by atoms with E-state index in [0.29, 0.717) is 18.3 Å². The Morgan fingerprint density at radius 1 is 0.800 bits per heavy atom. The Morgan fingerprint density at radius 3 is 2.10 bits per heavy atom. The molecule has 1 unspecified atom stereocenters. The van der Waals surface area contributed by atoms with Gasteiger partial charge < -0.3 is 4.90 Å². The van der Waals surface area contributed by atoms with E-state index in [9.17, 15) is 16.8 Å². The number of fused-ring (bicyclic) bond motifs is 3. The van der Waals surface area contributed by atoms with Crippen molar-refractivity contribution in [3.63, 3.8) is 0 Å². The highest BCUT2D eigenvalue weighted by atomic mass is 32.2. The lowest BCUT2D eigenvalue weighted by atomic mass is 9.99. The molecule has 0 bridgehead atoms. The summed E-state index contributed by atoms with van der Waals surface area (Å²) in [5.41, 5.74) is 1.64. The molecule has 0 amide bonds. The lowest BCUT2D eigenvalue weighted by molar-refractivity contribution is 0.447. The molecular weight excluding hydrogens is 422 g/mol. The highest BCUT2D eigenvalue weighted by molar-refractivity contribution is 7.93. The van der Waals surface area contributed by atoms with Crippen molar-refractivity contribution in [2.45, 2.75) is 41.5 Å². The number of anilines is 2. The molecule has 1 fully saturated rings. The fourth-order valence-corrected chi connectivity index (χ4v) is 6.69. The maximum atomic E-state index is 13.6. The van der Waals surface area contributed by atoms with Gasteiger partial charge in [0.25, 0.3) is 10.0 Å². The van der Waals surface area contributed by atoms with Crippen LogP contribution in [0.15, 0.2) is 58.3 Å². The molecule has 2 heterocycles. The third kappa shape index (κ3) is 3.59. The number of hydrogen-bond acceptors (Lipinski definition) is 5. The van der Waals surface area contributed by atoms with Crippen LogP contribution in [0.2, 0.25) is 0 Å². The number of para-hydroxylation sites is 2. The lowest BCUT2D eigenvalue weighted by Gasteiger charge is -2.36.